The van der Waals surface area contributed by atoms with E-state index >= 15 is 0 Å². The van der Waals surface area contributed by atoms with E-state index in [2.05, 4.69) is 42.0 Å². The molecule has 1 nitrogen and oxygen atoms in total. The lowest BCUT2D eigenvalue weighted by Gasteiger charge is -2.22. The van der Waals surface area contributed by atoms with E-state index < -0.39 is 0 Å². The number of nitrogens with one attached hydrogen (secondary N) is 1. The van der Waals surface area contributed by atoms with Crippen LogP contribution in [-0.4, -0.2) is 7.05 Å². The average molecular weight is 245 g/mol. The van der Waals surface area contributed by atoms with Gasteiger partial charge in [-0.25, -0.2) is 0 Å². The molecule has 1 atom stereocenters. The highest BCUT2D eigenvalue weighted by Gasteiger charge is 2.26. The molecular formula is C15H19NS. The number of hydrogen-bond donors (Lipinski definition) is 1. The number of rotatable bonds is 3. The van der Waals surface area contributed by atoms with Gasteiger partial charge in [0.15, 0.2) is 0 Å². The standard InChI is InChI=1S/C15H19NS/c1-16-15(11-6-2-3-7-11)13-10-17-14-9-5-4-8-12(13)14/h4-5,8-11,15-16H,2-3,6-7H2,1H3. The van der Waals surface area contributed by atoms with Gasteiger partial charge >= 0.3 is 0 Å². The third-order valence-corrected chi connectivity index (χ3v) is 5.01. The van der Waals surface area contributed by atoms with Crippen molar-refractivity contribution in [3.8, 4) is 0 Å². The zero-order valence-electron chi connectivity index (χ0n) is 10.3. The molecule has 0 amide bonds. The lowest BCUT2D eigenvalue weighted by molar-refractivity contribution is 0.393. The summed E-state index contributed by atoms with van der Waals surface area (Å²) in [5.41, 5.74) is 1.51. The Morgan fingerprint density at radius 3 is 2.76 bits per heavy atom. The van der Waals surface area contributed by atoms with Gasteiger partial charge in [-0.2, -0.15) is 0 Å². The maximum Gasteiger partial charge on any atom is 0.0360 e. The van der Waals surface area contributed by atoms with Crippen molar-refractivity contribution >= 4 is 21.4 Å². The van der Waals surface area contributed by atoms with Gasteiger partial charge in [0, 0.05) is 10.7 Å². The SMILES string of the molecule is CNC(c1csc2ccccc12)C1CCCC1. The Balaban J connectivity index is 2.00. The molecule has 17 heavy (non-hydrogen) atoms. The van der Waals surface area contributed by atoms with Crippen LogP contribution in [0.4, 0.5) is 0 Å². The summed E-state index contributed by atoms with van der Waals surface area (Å²) in [5, 5.41) is 7.34. The van der Waals surface area contributed by atoms with Crippen molar-refractivity contribution in [3.05, 3.63) is 35.2 Å². The molecule has 1 aliphatic rings. The first kappa shape index (κ1) is 11.2. The predicted octanol–water partition coefficient (Wildman–Crippen LogP) is 4.35. The predicted molar refractivity (Wildman–Crippen MR) is 75.6 cm³/mol. The third-order valence-electron chi connectivity index (χ3n) is 4.03. The monoisotopic (exact) mass is 245 g/mol. The van der Waals surface area contributed by atoms with Gasteiger partial charge in [-0.15, -0.1) is 11.3 Å². The van der Waals surface area contributed by atoms with E-state index in [4.69, 9.17) is 0 Å². The molecule has 0 aliphatic heterocycles. The van der Waals surface area contributed by atoms with Crippen LogP contribution in [0.2, 0.25) is 0 Å². The second-order valence-electron chi connectivity index (χ2n) is 5.00. The van der Waals surface area contributed by atoms with Gasteiger partial charge in [0.05, 0.1) is 0 Å². The van der Waals surface area contributed by atoms with Crippen molar-refractivity contribution in [3.63, 3.8) is 0 Å². The van der Waals surface area contributed by atoms with Gasteiger partial charge < -0.3 is 5.32 Å². The van der Waals surface area contributed by atoms with Gasteiger partial charge in [-0.3, -0.25) is 0 Å². The van der Waals surface area contributed by atoms with E-state index in [1.165, 1.54) is 41.3 Å². The first-order chi connectivity index (χ1) is 8.40. The van der Waals surface area contributed by atoms with Crippen LogP contribution in [0.3, 0.4) is 0 Å². The summed E-state index contributed by atoms with van der Waals surface area (Å²) in [4.78, 5) is 0. The number of fused-ring (bicyclic) bond motifs is 1. The summed E-state index contributed by atoms with van der Waals surface area (Å²) in [5.74, 6) is 0.831. The number of thiophene rings is 1. The second kappa shape index (κ2) is 4.79. The fraction of sp³-hybridized carbons (Fsp3) is 0.467. The first-order valence-electron chi connectivity index (χ1n) is 6.53. The largest absolute Gasteiger partial charge is 0.313 e. The molecule has 1 N–H and O–H groups in total. The Bertz CT molecular complexity index is 496. The minimum absolute atomic E-state index is 0.550. The van der Waals surface area contributed by atoms with E-state index in [1.54, 1.807) is 0 Å². The van der Waals surface area contributed by atoms with E-state index in [1.807, 2.05) is 11.3 Å². The van der Waals surface area contributed by atoms with Crippen LogP contribution in [0.15, 0.2) is 29.6 Å². The molecule has 0 saturated heterocycles. The van der Waals surface area contributed by atoms with Crippen LogP contribution in [-0.2, 0) is 0 Å². The number of hydrogen-bond acceptors (Lipinski definition) is 2. The lowest BCUT2D eigenvalue weighted by Crippen LogP contribution is -2.23. The molecule has 2 aromatic rings. The summed E-state index contributed by atoms with van der Waals surface area (Å²) >= 11 is 1.88. The summed E-state index contributed by atoms with van der Waals surface area (Å²) in [6, 6.07) is 9.33. The molecule has 1 aromatic carbocycles. The van der Waals surface area contributed by atoms with Crippen molar-refractivity contribution in [2.45, 2.75) is 31.7 Å². The fourth-order valence-corrected chi connectivity index (χ4v) is 4.17. The summed E-state index contributed by atoms with van der Waals surface area (Å²) in [7, 11) is 2.11. The molecule has 90 valence electrons. The Morgan fingerprint density at radius 1 is 1.24 bits per heavy atom. The molecule has 1 aliphatic carbocycles. The lowest BCUT2D eigenvalue weighted by atomic mass is 9.91. The first-order valence-corrected chi connectivity index (χ1v) is 7.41. The van der Waals surface area contributed by atoms with Crippen molar-refractivity contribution in [2.75, 3.05) is 7.05 Å². The van der Waals surface area contributed by atoms with E-state index in [0.717, 1.165) is 5.92 Å². The van der Waals surface area contributed by atoms with Gasteiger partial charge in [0.2, 0.25) is 0 Å². The van der Waals surface area contributed by atoms with Crippen LogP contribution in [0.1, 0.15) is 37.3 Å². The van der Waals surface area contributed by atoms with Crippen LogP contribution in [0.25, 0.3) is 10.1 Å². The molecule has 0 radical (unpaired) electrons. The van der Waals surface area contributed by atoms with Crippen molar-refractivity contribution in [2.24, 2.45) is 5.92 Å². The van der Waals surface area contributed by atoms with Crippen molar-refractivity contribution in [1.29, 1.82) is 0 Å². The van der Waals surface area contributed by atoms with E-state index in [9.17, 15) is 0 Å². The minimum Gasteiger partial charge on any atom is -0.313 e. The van der Waals surface area contributed by atoms with Gasteiger partial charge in [0.25, 0.3) is 0 Å². The zero-order valence-corrected chi connectivity index (χ0v) is 11.1. The van der Waals surface area contributed by atoms with Gasteiger partial charge in [-0.05, 0) is 48.2 Å². The second-order valence-corrected chi connectivity index (χ2v) is 5.91. The molecule has 1 heterocycles. The molecule has 1 fully saturated rings. The van der Waals surface area contributed by atoms with Crippen LogP contribution in [0.5, 0.6) is 0 Å². The van der Waals surface area contributed by atoms with Crippen molar-refractivity contribution < 1.29 is 0 Å². The Morgan fingerprint density at radius 2 is 2.00 bits per heavy atom. The molecule has 1 saturated carbocycles. The van der Waals surface area contributed by atoms with Gasteiger partial charge in [-0.1, -0.05) is 31.0 Å². The highest BCUT2D eigenvalue weighted by Crippen LogP contribution is 2.39. The topological polar surface area (TPSA) is 12.0 Å². The van der Waals surface area contributed by atoms with Crippen molar-refractivity contribution in [1.82, 2.24) is 5.32 Å². The molecule has 0 spiro atoms. The Labute approximate surface area is 107 Å². The van der Waals surface area contributed by atoms with Crippen LogP contribution < -0.4 is 5.32 Å². The average Bonchev–Trinajstić information content (AvgIpc) is 3.01. The molecule has 3 rings (SSSR count). The minimum atomic E-state index is 0.550. The molecule has 1 unspecified atom stereocenters. The molecule has 1 aromatic heterocycles. The van der Waals surface area contributed by atoms with Gasteiger partial charge in [0.1, 0.15) is 0 Å². The van der Waals surface area contributed by atoms with Crippen LogP contribution in [0, 0.1) is 5.92 Å². The number of benzene rings is 1. The molecular weight excluding hydrogens is 226 g/mol. The van der Waals surface area contributed by atoms with E-state index in [0.29, 0.717) is 6.04 Å². The van der Waals surface area contributed by atoms with E-state index in [-0.39, 0.29) is 0 Å². The maximum atomic E-state index is 3.55. The zero-order chi connectivity index (χ0) is 11.7. The molecule has 0 bridgehead atoms. The summed E-state index contributed by atoms with van der Waals surface area (Å²) in [6.45, 7) is 0. The molecule has 2 heteroatoms. The Kier molecular flexibility index (Phi) is 3.17. The maximum absolute atomic E-state index is 3.55. The third kappa shape index (κ3) is 2.00. The highest BCUT2D eigenvalue weighted by molar-refractivity contribution is 7.17. The smallest absolute Gasteiger partial charge is 0.0360 e. The quantitative estimate of drug-likeness (QED) is 0.847. The fourth-order valence-electron chi connectivity index (χ4n) is 3.18. The normalized spacial score (nSPS) is 18.9. The Hall–Kier alpha value is -0.860. The highest BCUT2D eigenvalue weighted by atomic mass is 32.1. The summed E-state index contributed by atoms with van der Waals surface area (Å²) < 4.78 is 1.42. The van der Waals surface area contributed by atoms with Crippen LogP contribution >= 0.6 is 11.3 Å². The summed E-state index contributed by atoms with van der Waals surface area (Å²) in [6.07, 6.45) is 5.58.